The van der Waals surface area contributed by atoms with E-state index in [1.54, 1.807) is 26.1 Å². The molecular formula is C13H15BrN2O4. The highest BCUT2D eigenvalue weighted by atomic mass is 79.9. The molecule has 0 unspecified atom stereocenters. The van der Waals surface area contributed by atoms with Gasteiger partial charge in [0.15, 0.2) is 5.92 Å². The van der Waals surface area contributed by atoms with Gasteiger partial charge in [0.05, 0.1) is 25.1 Å². The number of ether oxygens (including phenoxy) is 2. The van der Waals surface area contributed by atoms with Crippen LogP contribution in [0.3, 0.4) is 0 Å². The summed E-state index contributed by atoms with van der Waals surface area (Å²) < 4.78 is 10.4. The van der Waals surface area contributed by atoms with Crippen LogP contribution in [0.2, 0.25) is 0 Å². The smallest absolute Gasteiger partial charge is 0.325 e. The Kier molecular flexibility index (Phi) is 6.86. The number of carbonyl (C=O) groups excluding carboxylic acids is 2. The Morgan fingerprint density at radius 1 is 1.30 bits per heavy atom. The average molecular weight is 343 g/mol. The van der Waals surface area contributed by atoms with Gasteiger partial charge in [-0.15, -0.1) is 0 Å². The van der Waals surface area contributed by atoms with Crippen LogP contribution >= 0.6 is 15.9 Å². The zero-order chi connectivity index (χ0) is 15.0. The van der Waals surface area contributed by atoms with Gasteiger partial charge in [0.25, 0.3) is 0 Å². The van der Waals surface area contributed by atoms with Gasteiger partial charge in [0, 0.05) is 16.9 Å². The van der Waals surface area contributed by atoms with Crippen molar-refractivity contribution in [3.8, 4) is 0 Å². The maximum absolute atomic E-state index is 11.7. The van der Waals surface area contributed by atoms with Crippen LogP contribution in [0.15, 0.2) is 27.9 Å². The quantitative estimate of drug-likeness (QED) is 0.450. The largest absolute Gasteiger partial charge is 0.465 e. The molecule has 0 radical (unpaired) electrons. The summed E-state index contributed by atoms with van der Waals surface area (Å²) >= 11 is 3.26. The zero-order valence-electron chi connectivity index (χ0n) is 11.2. The van der Waals surface area contributed by atoms with E-state index in [0.29, 0.717) is 5.69 Å². The van der Waals surface area contributed by atoms with Gasteiger partial charge in [0.1, 0.15) is 0 Å². The third-order valence-electron chi connectivity index (χ3n) is 2.14. The lowest BCUT2D eigenvalue weighted by molar-refractivity contribution is -0.157. The number of pyridine rings is 1. The first-order chi connectivity index (χ1) is 9.58. The molecule has 1 heterocycles. The molecule has 0 saturated carbocycles. The van der Waals surface area contributed by atoms with E-state index in [1.165, 1.54) is 12.4 Å². The van der Waals surface area contributed by atoms with Gasteiger partial charge in [-0.3, -0.25) is 19.6 Å². The van der Waals surface area contributed by atoms with Crippen molar-refractivity contribution < 1.29 is 19.1 Å². The molecule has 0 aliphatic heterocycles. The van der Waals surface area contributed by atoms with Crippen molar-refractivity contribution in [1.29, 1.82) is 0 Å². The molecule has 0 bridgehead atoms. The van der Waals surface area contributed by atoms with E-state index in [2.05, 4.69) is 25.9 Å². The molecule has 0 atom stereocenters. The summed E-state index contributed by atoms with van der Waals surface area (Å²) in [5, 5.41) is 0. The first kappa shape index (κ1) is 16.3. The van der Waals surface area contributed by atoms with E-state index in [9.17, 15) is 9.59 Å². The molecule has 108 valence electrons. The molecule has 1 aromatic rings. The predicted molar refractivity (Wildman–Crippen MR) is 76.8 cm³/mol. The second-order valence-electron chi connectivity index (χ2n) is 3.62. The summed E-state index contributed by atoms with van der Waals surface area (Å²) in [5.74, 6) is -2.54. The van der Waals surface area contributed by atoms with Crippen LogP contribution < -0.4 is 0 Å². The minimum Gasteiger partial charge on any atom is -0.465 e. The summed E-state index contributed by atoms with van der Waals surface area (Å²) in [6.07, 6.45) is 4.32. The molecular weight excluding hydrogens is 328 g/mol. The Hall–Kier alpha value is -1.76. The molecule has 6 nitrogen and oxygen atoms in total. The predicted octanol–water partition coefficient (Wildman–Crippen LogP) is 2.29. The minimum atomic E-state index is -1.17. The second kappa shape index (κ2) is 8.42. The van der Waals surface area contributed by atoms with Gasteiger partial charge in [0.2, 0.25) is 0 Å². The first-order valence-electron chi connectivity index (χ1n) is 6.06. The lowest BCUT2D eigenvalue weighted by atomic mass is 10.2. The zero-order valence-corrected chi connectivity index (χ0v) is 12.8. The minimum absolute atomic E-state index is 0.182. The molecule has 0 aliphatic carbocycles. The van der Waals surface area contributed by atoms with Gasteiger partial charge in [-0.25, -0.2) is 0 Å². The van der Waals surface area contributed by atoms with E-state index in [0.717, 1.165) is 4.47 Å². The van der Waals surface area contributed by atoms with Gasteiger partial charge < -0.3 is 9.47 Å². The number of rotatable bonds is 6. The Morgan fingerprint density at radius 3 is 2.40 bits per heavy atom. The monoisotopic (exact) mass is 342 g/mol. The summed E-state index contributed by atoms with van der Waals surface area (Å²) in [7, 11) is 0. The first-order valence-corrected chi connectivity index (χ1v) is 6.85. The maximum Gasteiger partial charge on any atom is 0.325 e. The lowest BCUT2D eigenvalue weighted by Gasteiger charge is -2.09. The van der Waals surface area contributed by atoms with Gasteiger partial charge in [-0.05, 0) is 35.8 Å². The highest BCUT2D eigenvalue weighted by molar-refractivity contribution is 9.10. The molecule has 0 aliphatic rings. The molecule has 7 heteroatoms. The van der Waals surface area contributed by atoms with E-state index in [1.807, 2.05) is 0 Å². The summed E-state index contributed by atoms with van der Waals surface area (Å²) in [5.41, 5.74) is 0.512. The van der Waals surface area contributed by atoms with Crippen molar-refractivity contribution in [3.05, 3.63) is 22.9 Å². The standard InChI is InChI=1S/C13H15BrN2O4/c1-3-19-12(17)11(13(18)20-4-2)8-16-10-5-9(14)6-15-7-10/h5-8,11H,3-4H2,1-2H3. The summed E-state index contributed by atoms with van der Waals surface area (Å²) in [6.45, 7) is 3.69. The van der Waals surface area contributed by atoms with Crippen molar-refractivity contribution in [2.45, 2.75) is 13.8 Å². The van der Waals surface area contributed by atoms with Crippen LogP contribution in [0.25, 0.3) is 0 Å². The number of halogens is 1. The lowest BCUT2D eigenvalue weighted by Crippen LogP contribution is -2.29. The Morgan fingerprint density at radius 2 is 1.90 bits per heavy atom. The molecule has 0 amide bonds. The Balaban J connectivity index is 2.88. The number of esters is 2. The SMILES string of the molecule is CCOC(=O)C(C=Nc1cncc(Br)c1)C(=O)OCC. The Labute approximate surface area is 125 Å². The van der Waals surface area contributed by atoms with E-state index >= 15 is 0 Å². The van der Waals surface area contributed by atoms with Crippen LogP contribution in [0, 0.1) is 5.92 Å². The van der Waals surface area contributed by atoms with Crippen LogP contribution in [0.1, 0.15) is 13.8 Å². The van der Waals surface area contributed by atoms with E-state index < -0.39 is 17.9 Å². The number of carbonyl (C=O) groups is 2. The van der Waals surface area contributed by atoms with Gasteiger partial charge in [-0.1, -0.05) is 0 Å². The number of hydrogen-bond acceptors (Lipinski definition) is 6. The van der Waals surface area contributed by atoms with Crippen LogP contribution in [0.5, 0.6) is 0 Å². The van der Waals surface area contributed by atoms with Crippen molar-refractivity contribution in [2.75, 3.05) is 13.2 Å². The molecule has 0 aromatic carbocycles. The molecule has 1 aromatic heterocycles. The van der Waals surface area contributed by atoms with Crippen molar-refractivity contribution in [3.63, 3.8) is 0 Å². The fourth-order valence-corrected chi connectivity index (χ4v) is 1.67. The maximum atomic E-state index is 11.7. The number of aliphatic imine (C=N–C) groups is 1. The molecule has 0 N–H and O–H groups in total. The fraction of sp³-hybridized carbons (Fsp3) is 0.385. The topological polar surface area (TPSA) is 77.9 Å². The molecule has 0 saturated heterocycles. The van der Waals surface area contributed by atoms with Gasteiger partial charge in [-0.2, -0.15) is 0 Å². The molecule has 20 heavy (non-hydrogen) atoms. The van der Waals surface area contributed by atoms with Crippen molar-refractivity contribution in [2.24, 2.45) is 10.9 Å². The number of aromatic nitrogens is 1. The van der Waals surface area contributed by atoms with Crippen LogP contribution in [-0.4, -0.2) is 36.4 Å². The fourth-order valence-electron chi connectivity index (χ4n) is 1.31. The van der Waals surface area contributed by atoms with E-state index in [4.69, 9.17) is 9.47 Å². The second-order valence-corrected chi connectivity index (χ2v) is 4.54. The third kappa shape index (κ3) is 5.08. The average Bonchev–Trinajstić information content (AvgIpc) is 2.39. The molecule has 0 fully saturated rings. The number of hydrogen-bond donors (Lipinski definition) is 0. The molecule has 1 rings (SSSR count). The highest BCUT2D eigenvalue weighted by Crippen LogP contribution is 2.16. The third-order valence-corrected chi connectivity index (χ3v) is 2.58. The highest BCUT2D eigenvalue weighted by Gasteiger charge is 2.27. The number of nitrogens with zero attached hydrogens (tertiary/aromatic N) is 2. The Bertz CT molecular complexity index is 487. The molecule has 0 spiro atoms. The van der Waals surface area contributed by atoms with Crippen LogP contribution in [0.4, 0.5) is 5.69 Å². The van der Waals surface area contributed by atoms with Crippen LogP contribution in [-0.2, 0) is 19.1 Å². The van der Waals surface area contributed by atoms with E-state index in [-0.39, 0.29) is 13.2 Å². The van der Waals surface area contributed by atoms with Crippen molar-refractivity contribution >= 4 is 39.8 Å². The summed E-state index contributed by atoms with van der Waals surface area (Å²) in [4.78, 5) is 31.4. The normalized spacial score (nSPS) is 10.8. The van der Waals surface area contributed by atoms with Crippen molar-refractivity contribution in [1.82, 2.24) is 4.98 Å². The van der Waals surface area contributed by atoms with Gasteiger partial charge >= 0.3 is 11.9 Å². The summed E-state index contributed by atoms with van der Waals surface area (Å²) in [6, 6.07) is 1.71.